The summed E-state index contributed by atoms with van der Waals surface area (Å²) in [6.07, 6.45) is 0. The molecule has 1 aromatic heterocycles. The van der Waals surface area contributed by atoms with Gasteiger partial charge in [-0.1, -0.05) is 48.5 Å². The van der Waals surface area contributed by atoms with Crippen LogP contribution in [0.3, 0.4) is 0 Å². The van der Waals surface area contributed by atoms with Gasteiger partial charge in [0, 0.05) is 17.1 Å². The minimum atomic E-state index is -0.422. The Hall–Kier alpha value is -4.13. The van der Waals surface area contributed by atoms with E-state index in [-0.39, 0.29) is 17.8 Å². The molecule has 0 radical (unpaired) electrons. The minimum absolute atomic E-state index is 0.170. The highest BCUT2D eigenvalue weighted by atomic mass is 16.5. The van der Waals surface area contributed by atoms with E-state index >= 15 is 0 Å². The molecule has 1 heterocycles. The molecule has 4 aromatic rings. The number of carbonyl (C=O) groups excluding carboxylic acids is 1. The number of hydrogen-bond acceptors (Lipinski definition) is 5. The Kier molecular flexibility index (Phi) is 6.17. The summed E-state index contributed by atoms with van der Waals surface area (Å²) in [6, 6.07) is 21.7. The molecule has 0 bridgehead atoms. The van der Waals surface area contributed by atoms with E-state index in [2.05, 4.69) is 10.4 Å². The number of carbonyl (C=O) groups is 1. The molecule has 1 N–H and O–H groups in total. The zero-order valence-corrected chi connectivity index (χ0v) is 17.9. The number of nitrogens with one attached hydrogen (secondary N) is 1. The van der Waals surface area contributed by atoms with Crippen LogP contribution < -0.4 is 20.3 Å². The fraction of sp³-hybridized carbons (Fsp3) is 0.160. The number of benzene rings is 3. The van der Waals surface area contributed by atoms with Crippen molar-refractivity contribution >= 4 is 22.4 Å². The van der Waals surface area contributed by atoms with Crippen LogP contribution in [-0.4, -0.2) is 29.4 Å². The van der Waals surface area contributed by atoms with Crippen molar-refractivity contribution in [3.63, 3.8) is 0 Å². The van der Waals surface area contributed by atoms with Crippen molar-refractivity contribution in [2.24, 2.45) is 0 Å². The van der Waals surface area contributed by atoms with Gasteiger partial charge in [0.1, 0.15) is 0 Å². The normalized spacial score (nSPS) is 10.7. The van der Waals surface area contributed by atoms with Crippen molar-refractivity contribution in [2.45, 2.75) is 13.5 Å². The Labute approximate surface area is 185 Å². The summed E-state index contributed by atoms with van der Waals surface area (Å²) in [5.41, 5.74) is 1.37. The molecule has 0 saturated carbocycles. The van der Waals surface area contributed by atoms with Crippen LogP contribution in [0.2, 0.25) is 0 Å². The predicted octanol–water partition coefficient (Wildman–Crippen LogP) is 4.10. The summed E-state index contributed by atoms with van der Waals surface area (Å²) < 4.78 is 12.2. The SMILES string of the molecule is CCOc1ccc(NC(=O)c2nn(Cc3ccccc3)c(=O)c3ccccc23)cc1OC. The van der Waals surface area contributed by atoms with E-state index in [9.17, 15) is 9.59 Å². The summed E-state index contributed by atoms with van der Waals surface area (Å²) in [6.45, 7) is 2.65. The molecule has 0 spiro atoms. The third-order valence-electron chi connectivity index (χ3n) is 4.98. The molecular formula is C25H23N3O4. The fourth-order valence-electron chi connectivity index (χ4n) is 3.48. The van der Waals surface area contributed by atoms with Crippen LogP contribution in [-0.2, 0) is 6.54 Å². The van der Waals surface area contributed by atoms with E-state index in [4.69, 9.17) is 9.47 Å². The third-order valence-corrected chi connectivity index (χ3v) is 4.98. The van der Waals surface area contributed by atoms with Crippen molar-refractivity contribution in [1.29, 1.82) is 0 Å². The first-order chi connectivity index (χ1) is 15.6. The maximum absolute atomic E-state index is 13.2. The summed E-state index contributed by atoms with van der Waals surface area (Å²) >= 11 is 0. The maximum Gasteiger partial charge on any atom is 0.276 e. The topological polar surface area (TPSA) is 82.5 Å². The Morgan fingerprint density at radius 2 is 1.69 bits per heavy atom. The average Bonchev–Trinajstić information content (AvgIpc) is 2.82. The van der Waals surface area contributed by atoms with Crippen molar-refractivity contribution in [3.8, 4) is 11.5 Å². The van der Waals surface area contributed by atoms with Gasteiger partial charge in [-0.3, -0.25) is 9.59 Å². The van der Waals surface area contributed by atoms with Crippen molar-refractivity contribution in [3.05, 3.63) is 94.4 Å². The Morgan fingerprint density at radius 3 is 2.41 bits per heavy atom. The molecule has 0 aliphatic carbocycles. The van der Waals surface area contributed by atoms with Gasteiger partial charge in [-0.25, -0.2) is 4.68 Å². The lowest BCUT2D eigenvalue weighted by Gasteiger charge is -2.13. The molecular weight excluding hydrogens is 406 g/mol. The average molecular weight is 429 g/mol. The number of methoxy groups -OCH3 is 1. The largest absolute Gasteiger partial charge is 0.493 e. The molecule has 1 amide bonds. The predicted molar refractivity (Wildman–Crippen MR) is 124 cm³/mol. The van der Waals surface area contributed by atoms with Gasteiger partial charge in [0.25, 0.3) is 11.5 Å². The molecule has 4 rings (SSSR count). The maximum atomic E-state index is 13.2. The smallest absolute Gasteiger partial charge is 0.276 e. The molecule has 0 unspecified atom stereocenters. The van der Waals surface area contributed by atoms with Crippen LogP contribution in [0.25, 0.3) is 10.8 Å². The van der Waals surface area contributed by atoms with E-state index in [1.54, 1.807) is 42.5 Å². The molecule has 7 nitrogen and oxygen atoms in total. The van der Waals surface area contributed by atoms with E-state index < -0.39 is 5.91 Å². The molecule has 32 heavy (non-hydrogen) atoms. The molecule has 7 heteroatoms. The van der Waals surface area contributed by atoms with Crippen molar-refractivity contribution in [2.75, 3.05) is 19.0 Å². The van der Waals surface area contributed by atoms with Crippen molar-refractivity contribution in [1.82, 2.24) is 9.78 Å². The zero-order valence-electron chi connectivity index (χ0n) is 17.9. The second-order valence-electron chi connectivity index (χ2n) is 7.10. The fourth-order valence-corrected chi connectivity index (χ4v) is 3.48. The molecule has 0 aliphatic heterocycles. The lowest BCUT2D eigenvalue weighted by atomic mass is 10.1. The van der Waals surface area contributed by atoms with Gasteiger partial charge in [0.2, 0.25) is 0 Å². The first-order valence-corrected chi connectivity index (χ1v) is 10.3. The van der Waals surface area contributed by atoms with Gasteiger partial charge in [0.05, 0.1) is 25.6 Å². The molecule has 0 aliphatic rings. The van der Waals surface area contributed by atoms with Gasteiger partial charge in [-0.15, -0.1) is 0 Å². The van der Waals surface area contributed by atoms with E-state index in [0.717, 1.165) is 5.56 Å². The number of anilines is 1. The van der Waals surface area contributed by atoms with E-state index in [0.29, 0.717) is 34.6 Å². The van der Waals surface area contributed by atoms with Gasteiger partial charge >= 0.3 is 0 Å². The second kappa shape index (κ2) is 9.34. The number of nitrogens with zero attached hydrogens (tertiary/aromatic N) is 2. The van der Waals surface area contributed by atoms with Crippen LogP contribution in [0.1, 0.15) is 23.0 Å². The standard InChI is InChI=1S/C25H23N3O4/c1-3-32-21-14-13-18(15-22(21)31-2)26-24(29)23-19-11-7-8-12-20(19)25(30)28(27-23)16-17-9-5-4-6-10-17/h4-15H,3,16H2,1-2H3,(H,26,29). The van der Waals surface area contributed by atoms with Gasteiger partial charge in [-0.05, 0) is 30.7 Å². The lowest BCUT2D eigenvalue weighted by Crippen LogP contribution is -2.28. The lowest BCUT2D eigenvalue weighted by molar-refractivity contribution is 0.102. The minimum Gasteiger partial charge on any atom is -0.493 e. The Bertz CT molecular complexity index is 1320. The number of fused-ring (bicyclic) bond motifs is 1. The highest BCUT2D eigenvalue weighted by molar-refractivity contribution is 6.11. The molecule has 0 atom stereocenters. The number of aromatic nitrogens is 2. The summed E-state index contributed by atoms with van der Waals surface area (Å²) in [4.78, 5) is 26.2. The van der Waals surface area contributed by atoms with Crippen LogP contribution in [0.15, 0.2) is 77.6 Å². The first-order valence-electron chi connectivity index (χ1n) is 10.3. The van der Waals surface area contributed by atoms with Crippen LogP contribution in [0.5, 0.6) is 11.5 Å². The number of ether oxygens (including phenoxy) is 2. The monoisotopic (exact) mass is 429 g/mol. The van der Waals surface area contributed by atoms with E-state index in [1.807, 2.05) is 37.3 Å². The van der Waals surface area contributed by atoms with Gasteiger partial charge < -0.3 is 14.8 Å². The number of hydrogen-bond donors (Lipinski definition) is 1. The molecule has 0 fully saturated rings. The zero-order chi connectivity index (χ0) is 22.5. The van der Waals surface area contributed by atoms with Crippen molar-refractivity contribution < 1.29 is 14.3 Å². The van der Waals surface area contributed by atoms with Crippen LogP contribution in [0, 0.1) is 0 Å². The molecule has 162 valence electrons. The highest BCUT2D eigenvalue weighted by Gasteiger charge is 2.18. The summed E-state index contributed by atoms with van der Waals surface area (Å²) in [5, 5.41) is 8.21. The van der Waals surface area contributed by atoms with Gasteiger partial charge in [-0.2, -0.15) is 5.10 Å². The van der Waals surface area contributed by atoms with Gasteiger partial charge in [0.15, 0.2) is 17.2 Å². The van der Waals surface area contributed by atoms with Crippen LogP contribution >= 0.6 is 0 Å². The molecule has 3 aromatic carbocycles. The Morgan fingerprint density at radius 1 is 0.969 bits per heavy atom. The second-order valence-corrected chi connectivity index (χ2v) is 7.10. The highest BCUT2D eigenvalue weighted by Crippen LogP contribution is 2.30. The molecule has 0 saturated heterocycles. The quantitative estimate of drug-likeness (QED) is 0.478. The first kappa shape index (κ1) is 21.1. The summed E-state index contributed by atoms with van der Waals surface area (Å²) in [7, 11) is 1.54. The van der Waals surface area contributed by atoms with E-state index in [1.165, 1.54) is 11.8 Å². The number of rotatable bonds is 7. The Balaban J connectivity index is 1.72. The summed E-state index contributed by atoms with van der Waals surface area (Å²) in [5.74, 6) is 0.679. The van der Waals surface area contributed by atoms with Crippen LogP contribution in [0.4, 0.5) is 5.69 Å². The third kappa shape index (κ3) is 4.32. The number of amides is 1.